The standard InChI is InChI=1S/C25H28N4O3/c1-6-12-28(13-7-2)23(30)16-32-25(31)20-14-22(19-10-8-18(5)9-11-19)27-24-21(20)15-26-29(24)17(3)4/h6-11,14-15,17H,1-2,12-13,16H2,3-5H3. The van der Waals surface area contributed by atoms with Crippen LogP contribution in [0, 0.1) is 6.92 Å². The van der Waals surface area contributed by atoms with Crippen LogP contribution in [0.2, 0.25) is 0 Å². The number of ether oxygens (including phenoxy) is 1. The zero-order chi connectivity index (χ0) is 23.3. The minimum atomic E-state index is -0.598. The zero-order valence-corrected chi connectivity index (χ0v) is 18.7. The van der Waals surface area contributed by atoms with Crippen molar-refractivity contribution in [2.24, 2.45) is 0 Å². The first-order valence-corrected chi connectivity index (χ1v) is 10.5. The molecule has 166 valence electrons. The normalized spacial score (nSPS) is 10.9. The van der Waals surface area contributed by atoms with E-state index in [-0.39, 0.29) is 18.6 Å². The monoisotopic (exact) mass is 432 g/mol. The van der Waals surface area contributed by atoms with Crippen LogP contribution in [-0.4, -0.2) is 51.2 Å². The van der Waals surface area contributed by atoms with Gasteiger partial charge in [-0.3, -0.25) is 4.79 Å². The molecule has 1 aromatic carbocycles. The number of carbonyl (C=O) groups is 2. The lowest BCUT2D eigenvalue weighted by atomic mass is 10.1. The van der Waals surface area contributed by atoms with Crippen molar-refractivity contribution in [1.29, 1.82) is 0 Å². The summed E-state index contributed by atoms with van der Waals surface area (Å²) in [5.74, 6) is -0.917. The number of amides is 1. The lowest BCUT2D eigenvalue weighted by Crippen LogP contribution is -2.35. The van der Waals surface area contributed by atoms with Crippen molar-refractivity contribution in [3.8, 4) is 11.3 Å². The molecule has 2 aromatic heterocycles. The average molecular weight is 433 g/mol. The summed E-state index contributed by atoms with van der Waals surface area (Å²) in [5.41, 5.74) is 3.56. The second-order valence-electron chi connectivity index (χ2n) is 7.79. The summed E-state index contributed by atoms with van der Waals surface area (Å²) in [7, 11) is 0. The van der Waals surface area contributed by atoms with Crippen LogP contribution in [0.15, 0.2) is 61.8 Å². The third-order valence-corrected chi connectivity index (χ3v) is 5.00. The van der Waals surface area contributed by atoms with Crippen LogP contribution in [0.25, 0.3) is 22.3 Å². The van der Waals surface area contributed by atoms with E-state index in [1.54, 1.807) is 29.1 Å². The molecule has 0 radical (unpaired) electrons. The highest BCUT2D eigenvalue weighted by Gasteiger charge is 2.21. The molecule has 7 nitrogen and oxygen atoms in total. The van der Waals surface area contributed by atoms with Crippen LogP contribution in [0.3, 0.4) is 0 Å². The Labute approximate surface area is 188 Å². The summed E-state index contributed by atoms with van der Waals surface area (Å²) in [4.78, 5) is 31.8. The van der Waals surface area contributed by atoms with Crippen molar-refractivity contribution in [3.05, 3.63) is 73.0 Å². The molecule has 0 saturated heterocycles. The minimum Gasteiger partial charge on any atom is -0.452 e. The number of hydrogen-bond acceptors (Lipinski definition) is 5. The van der Waals surface area contributed by atoms with Gasteiger partial charge in [-0.25, -0.2) is 14.5 Å². The Hall–Kier alpha value is -3.74. The fraction of sp³-hybridized carbons (Fsp3) is 0.280. The molecule has 0 aliphatic rings. The van der Waals surface area contributed by atoms with Crippen molar-refractivity contribution in [2.75, 3.05) is 19.7 Å². The van der Waals surface area contributed by atoms with Crippen molar-refractivity contribution in [3.63, 3.8) is 0 Å². The second kappa shape index (κ2) is 10.0. The molecular formula is C25H28N4O3. The predicted octanol–water partition coefficient (Wildman–Crippen LogP) is 4.35. The fourth-order valence-electron chi connectivity index (χ4n) is 3.32. The van der Waals surface area contributed by atoms with E-state index in [1.165, 1.54) is 4.90 Å². The molecule has 0 spiro atoms. The highest BCUT2D eigenvalue weighted by Crippen LogP contribution is 2.27. The van der Waals surface area contributed by atoms with Gasteiger partial charge in [0.05, 0.1) is 22.8 Å². The Kier molecular flexibility index (Phi) is 7.20. The number of pyridine rings is 1. The predicted molar refractivity (Wildman–Crippen MR) is 125 cm³/mol. The SMILES string of the molecule is C=CCN(CC=C)C(=O)COC(=O)c1cc(-c2ccc(C)cc2)nc2c1cnn2C(C)C. The van der Waals surface area contributed by atoms with Gasteiger partial charge in [0.2, 0.25) is 0 Å². The summed E-state index contributed by atoms with van der Waals surface area (Å²) in [6, 6.07) is 9.65. The van der Waals surface area contributed by atoms with E-state index in [0.717, 1.165) is 11.1 Å². The molecule has 0 aliphatic heterocycles. The van der Waals surface area contributed by atoms with E-state index in [1.807, 2.05) is 45.0 Å². The molecule has 0 saturated carbocycles. The lowest BCUT2D eigenvalue weighted by Gasteiger charge is -2.19. The number of aromatic nitrogens is 3. The topological polar surface area (TPSA) is 77.3 Å². The van der Waals surface area contributed by atoms with Crippen LogP contribution in [0.1, 0.15) is 35.8 Å². The summed E-state index contributed by atoms with van der Waals surface area (Å²) < 4.78 is 7.16. The fourth-order valence-corrected chi connectivity index (χ4v) is 3.32. The van der Waals surface area contributed by atoms with Crippen LogP contribution in [0.4, 0.5) is 0 Å². The summed E-state index contributed by atoms with van der Waals surface area (Å²) in [5, 5.41) is 4.99. The Morgan fingerprint density at radius 3 is 2.41 bits per heavy atom. The van der Waals surface area contributed by atoms with E-state index in [9.17, 15) is 9.59 Å². The number of nitrogens with zero attached hydrogens (tertiary/aromatic N) is 4. The molecule has 0 N–H and O–H groups in total. The zero-order valence-electron chi connectivity index (χ0n) is 18.7. The number of carbonyl (C=O) groups excluding carboxylic acids is 2. The first kappa shape index (κ1) is 22.9. The Morgan fingerprint density at radius 1 is 1.16 bits per heavy atom. The molecule has 0 atom stereocenters. The lowest BCUT2D eigenvalue weighted by molar-refractivity contribution is -0.133. The van der Waals surface area contributed by atoms with Gasteiger partial charge in [-0.05, 0) is 26.8 Å². The van der Waals surface area contributed by atoms with Gasteiger partial charge >= 0.3 is 5.97 Å². The van der Waals surface area contributed by atoms with E-state index < -0.39 is 5.97 Å². The van der Waals surface area contributed by atoms with E-state index >= 15 is 0 Å². The molecule has 32 heavy (non-hydrogen) atoms. The molecule has 0 bridgehead atoms. The third kappa shape index (κ3) is 4.94. The Balaban J connectivity index is 1.96. The molecule has 0 aliphatic carbocycles. The molecule has 3 aromatic rings. The van der Waals surface area contributed by atoms with Gasteiger partial charge in [0.1, 0.15) is 0 Å². The first-order chi connectivity index (χ1) is 15.3. The summed E-state index contributed by atoms with van der Waals surface area (Å²) in [6.07, 6.45) is 4.84. The van der Waals surface area contributed by atoms with E-state index in [0.29, 0.717) is 35.4 Å². The van der Waals surface area contributed by atoms with Gasteiger partial charge in [0, 0.05) is 24.7 Å². The van der Waals surface area contributed by atoms with Gasteiger partial charge in [-0.2, -0.15) is 5.10 Å². The van der Waals surface area contributed by atoms with Crippen LogP contribution >= 0.6 is 0 Å². The maximum absolute atomic E-state index is 13.0. The molecule has 0 unspecified atom stereocenters. The molecule has 1 amide bonds. The Bertz CT molecular complexity index is 1140. The molecular weight excluding hydrogens is 404 g/mol. The van der Waals surface area contributed by atoms with E-state index in [2.05, 4.69) is 18.3 Å². The summed E-state index contributed by atoms with van der Waals surface area (Å²) in [6.45, 7) is 13.6. The number of esters is 1. The third-order valence-electron chi connectivity index (χ3n) is 5.00. The number of benzene rings is 1. The van der Waals surface area contributed by atoms with Gasteiger partial charge in [-0.15, -0.1) is 13.2 Å². The average Bonchev–Trinajstić information content (AvgIpc) is 3.21. The molecule has 0 fully saturated rings. The maximum Gasteiger partial charge on any atom is 0.339 e. The number of aryl methyl sites for hydroxylation is 1. The van der Waals surface area contributed by atoms with Gasteiger partial charge in [-0.1, -0.05) is 42.0 Å². The first-order valence-electron chi connectivity index (χ1n) is 10.5. The molecule has 3 rings (SSSR count). The number of hydrogen-bond donors (Lipinski definition) is 0. The molecule has 2 heterocycles. The minimum absolute atomic E-state index is 0.0603. The number of rotatable bonds is 9. The summed E-state index contributed by atoms with van der Waals surface area (Å²) >= 11 is 0. The van der Waals surface area contributed by atoms with Gasteiger partial charge in [0.25, 0.3) is 5.91 Å². The van der Waals surface area contributed by atoms with E-state index in [4.69, 9.17) is 9.72 Å². The van der Waals surface area contributed by atoms with Crippen LogP contribution in [-0.2, 0) is 9.53 Å². The maximum atomic E-state index is 13.0. The highest BCUT2D eigenvalue weighted by molar-refractivity contribution is 6.04. The van der Waals surface area contributed by atoms with Gasteiger partial charge < -0.3 is 9.64 Å². The number of fused-ring (bicyclic) bond motifs is 1. The van der Waals surface area contributed by atoms with Gasteiger partial charge in [0.15, 0.2) is 12.3 Å². The Morgan fingerprint density at radius 2 is 1.81 bits per heavy atom. The molecule has 7 heteroatoms. The smallest absolute Gasteiger partial charge is 0.339 e. The quantitative estimate of drug-likeness (QED) is 0.371. The van der Waals surface area contributed by atoms with Crippen LogP contribution < -0.4 is 0 Å². The van der Waals surface area contributed by atoms with Crippen LogP contribution in [0.5, 0.6) is 0 Å². The van der Waals surface area contributed by atoms with Crippen molar-refractivity contribution >= 4 is 22.9 Å². The largest absolute Gasteiger partial charge is 0.452 e. The van der Waals surface area contributed by atoms with Crippen molar-refractivity contribution in [2.45, 2.75) is 26.8 Å². The van der Waals surface area contributed by atoms with Crippen molar-refractivity contribution in [1.82, 2.24) is 19.7 Å². The highest BCUT2D eigenvalue weighted by atomic mass is 16.5. The second-order valence-corrected chi connectivity index (χ2v) is 7.79. The van der Waals surface area contributed by atoms with Crippen molar-refractivity contribution < 1.29 is 14.3 Å².